The van der Waals surface area contributed by atoms with Gasteiger partial charge in [-0.05, 0) is 32.0 Å². The number of halogens is 2. The minimum absolute atomic E-state index is 0.0367. The Morgan fingerprint density at radius 2 is 2.00 bits per heavy atom. The Kier molecular flexibility index (Phi) is 6.67. The maximum atomic E-state index is 13.9. The number of nitrogens with zero attached hydrogens (tertiary/aromatic N) is 2. The first-order valence-corrected chi connectivity index (χ1v) is 11.0. The fourth-order valence-corrected chi connectivity index (χ4v) is 4.68. The monoisotopic (exact) mass is 476 g/mol. The molecule has 11 heteroatoms. The molecular weight excluding hydrogens is 450 g/mol. The van der Waals surface area contributed by atoms with E-state index < -0.39 is 40.2 Å². The second-order valence-electron chi connectivity index (χ2n) is 8.54. The van der Waals surface area contributed by atoms with E-state index in [9.17, 15) is 28.3 Å². The lowest BCUT2D eigenvalue weighted by molar-refractivity contribution is 0.00663. The van der Waals surface area contributed by atoms with Crippen LogP contribution < -0.4 is 16.1 Å². The average molecular weight is 476 g/mol. The van der Waals surface area contributed by atoms with Crippen LogP contribution in [0.1, 0.15) is 39.3 Å². The molecule has 4 rings (SSSR count). The zero-order valence-electron chi connectivity index (χ0n) is 18.7. The SMILES string of the molecule is COCCN1C(=O)c2c(O)c(=O)c(C(=O)NCc3ccc(F)cc3F)cn2CC12CCNCC2. The van der Waals surface area contributed by atoms with E-state index in [1.165, 1.54) is 23.9 Å². The number of hydrogen-bond donors (Lipinski definition) is 3. The largest absolute Gasteiger partial charge is 0.503 e. The summed E-state index contributed by atoms with van der Waals surface area (Å²) in [7, 11) is 1.53. The number of hydrogen-bond acceptors (Lipinski definition) is 6. The van der Waals surface area contributed by atoms with Gasteiger partial charge in [0.25, 0.3) is 11.8 Å². The Hall–Kier alpha value is -3.31. The van der Waals surface area contributed by atoms with E-state index in [1.807, 2.05) is 0 Å². The maximum Gasteiger partial charge on any atom is 0.275 e. The van der Waals surface area contributed by atoms with Crippen molar-refractivity contribution in [1.29, 1.82) is 0 Å². The molecule has 1 spiro atoms. The van der Waals surface area contributed by atoms with Crippen LogP contribution in [0.2, 0.25) is 0 Å². The van der Waals surface area contributed by atoms with E-state index in [4.69, 9.17) is 4.74 Å². The van der Waals surface area contributed by atoms with E-state index in [0.29, 0.717) is 51.7 Å². The molecule has 9 nitrogen and oxygen atoms in total. The van der Waals surface area contributed by atoms with Crippen LogP contribution in [0.3, 0.4) is 0 Å². The predicted molar refractivity (Wildman–Crippen MR) is 118 cm³/mol. The molecular formula is C23H26F2N4O5. The van der Waals surface area contributed by atoms with Crippen LogP contribution in [0.25, 0.3) is 0 Å². The van der Waals surface area contributed by atoms with Gasteiger partial charge in [-0.15, -0.1) is 0 Å². The lowest BCUT2D eigenvalue weighted by Gasteiger charge is -2.50. The van der Waals surface area contributed by atoms with Crippen LogP contribution in [0.4, 0.5) is 8.78 Å². The van der Waals surface area contributed by atoms with Crippen molar-refractivity contribution in [1.82, 2.24) is 20.1 Å². The first kappa shape index (κ1) is 23.8. The molecule has 0 saturated carbocycles. The zero-order valence-corrected chi connectivity index (χ0v) is 18.7. The standard InChI is InChI=1S/C23H26F2N4O5/c1-34-9-8-29-22(33)18-20(31)19(30)16(12-28(18)13-23(29)4-6-26-7-5-23)21(32)27-11-14-2-3-15(24)10-17(14)25/h2-3,10,12,26,31H,4-9,11,13H2,1H3,(H,27,32). The summed E-state index contributed by atoms with van der Waals surface area (Å²) in [6.45, 7) is 1.98. The van der Waals surface area contributed by atoms with Gasteiger partial charge in [-0.3, -0.25) is 14.4 Å². The molecule has 3 heterocycles. The maximum absolute atomic E-state index is 13.9. The Balaban J connectivity index is 1.66. The van der Waals surface area contributed by atoms with Crippen molar-refractivity contribution in [2.75, 3.05) is 33.4 Å². The highest BCUT2D eigenvalue weighted by atomic mass is 19.1. The summed E-state index contributed by atoms with van der Waals surface area (Å²) in [6, 6.07) is 2.94. The smallest absolute Gasteiger partial charge is 0.275 e. The minimum atomic E-state index is -0.996. The van der Waals surface area contributed by atoms with Crippen LogP contribution in [-0.4, -0.2) is 65.3 Å². The molecule has 0 aliphatic carbocycles. The highest BCUT2D eigenvalue weighted by Gasteiger charge is 2.46. The fourth-order valence-electron chi connectivity index (χ4n) is 4.68. The highest BCUT2D eigenvalue weighted by molar-refractivity contribution is 5.99. The normalized spacial score (nSPS) is 17.0. The third-order valence-electron chi connectivity index (χ3n) is 6.49. The van der Waals surface area contributed by atoms with Crippen molar-refractivity contribution >= 4 is 11.8 Å². The number of methoxy groups -OCH3 is 1. The number of fused-ring (bicyclic) bond motifs is 1. The number of carbonyl (C=O) groups is 2. The van der Waals surface area contributed by atoms with E-state index in [1.54, 1.807) is 4.90 Å². The van der Waals surface area contributed by atoms with E-state index in [-0.39, 0.29) is 23.4 Å². The first-order chi connectivity index (χ1) is 16.3. The van der Waals surface area contributed by atoms with Crippen LogP contribution in [0.5, 0.6) is 5.75 Å². The van der Waals surface area contributed by atoms with Crippen LogP contribution in [-0.2, 0) is 17.8 Å². The van der Waals surface area contributed by atoms with Gasteiger partial charge in [-0.1, -0.05) is 6.07 Å². The van der Waals surface area contributed by atoms with Crippen molar-refractivity contribution in [3.63, 3.8) is 0 Å². The molecule has 2 aromatic rings. The second-order valence-corrected chi connectivity index (χ2v) is 8.54. The van der Waals surface area contributed by atoms with Crippen molar-refractivity contribution in [2.45, 2.75) is 31.5 Å². The summed E-state index contributed by atoms with van der Waals surface area (Å²) < 4.78 is 33.6. The summed E-state index contributed by atoms with van der Waals surface area (Å²) in [4.78, 5) is 40.6. The Morgan fingerprint density at radius 3 is 2.68 bits per heavy atom. The van der Waals surface area contributed by atoms with Gasteiger partial charge in [-0.25, -0.2) is 8.78 Å². The lowest BCUT2D eigenvalue weighted by atomic mass is 9.83. The number of aromatic nitrogens is 1. The predicted octanol–water partition coefficient (Wildman–Crippen LogP) is 0.986. The molecule has 1 fully saturated rings. The van der Waals surface area contributed by atoms with Crippen molar-refractivity contribution in [3.05, 3.63) is 63.1 Å². The third-order valence-corrected chi connectivity index (χ3v) is 6.49. The minimum Gasteiger partial charge on any atom is -0.503 e. The Bertz CT molecular complexity index is 1180. The zero-order chi connectivity index (χ0) is 24.5. The summed E-state index contributed by atoms with van der Waals surface area (Å²) in [5.41, 5.74) is -2.06. The summed E-state index contributed by atoms with van der Waals surface area (Å²) in [5, 5.41) is 16.3. The molecule has 2 amide bonds. The number of pyridine rings is 1. The lowest BCUT2D eigenvalue weighted by Crippen LogP contribution is -2.63. The number of amides is 2. The highest BCUT2D eigenvalue weighted by Crippen LogP contribution is 2.35. The van der Waals surface area contributed by atoms with E-state index >= 15 is 0 Å². The molecule has 2 aliphatic heterocycles. The van der Waals surface area contributed by atoms with Crippen molar-refractivity contribution in [2.24, 2.45) is 0 Å². The number of benzene rings is 1. The van der Waals surface area contributed by atoms with Crippen molar-refractivity contribution < 1.29 is 28.2 Å². The molecule has 34 heavy (non-hydrogen) atoms. The van der Waals surface area contributed by atoms with Gasteiger partial charge < -0.3 is 29.9 Å². The van der Waals surface area contributed by atoms with Gasteiger partial charge >= 0.3 is 0 Å². The van der Waals surface area contributed by atoms with Gasteiger partial charge in [0.05, 0.1) is 12.1 Å². The molecule has 3 N–H and O–H groups in total. The number of rotatable bonds is 6. The summed E-state index contributed by atoms with van der Waals surface area (Å²) >= 11 is 0. The van der Waals surface area contributed by atoms with Gasteiger partial charge in [0, 0.05) is 44.6 Å². The molecule has 182 valence electrons. The molecule has 0 bridgehead atoms. The summed E-state index contributed by atoms with van der Waals surface area (Å²) in [6.07, 6.45) is 2.57. The third kappa shape index (κ3) is 4.28. The van der Waals surface area contributed by atoms with E-state index in [2.05, 4.69) is 10.6 Å². The number of carbonyl (C=O) groups excluding carboxylic acids is 2. The number of aromatic hydroxyl groups is 1. The van der Waals surface area contributed by atoms with Crippen LogP contribution in [0.15, 0.2) is 29.2 Å². The van der Waals surface area contributed by atoms with Gasteiger partial charge in [0.2, 0.25) is 5.43 Å². The van der Waals surface area contributed by atoms with Crippen LogP contribution >= 0.6 is 0 Å². The summed E-state index contributed by atoms with van der Waals surface area (Å²) in [5.74, 6) is -3.73. The first-order valence-electron chi connectivity index (χ1n) is 11.0. The molecule has 1 aromatic heterocycles. The topological polar surface area (TPSA) is 113 Å². The molecule has 0 atom stereocenters. The quantitative estimate of drug-likeness (QED) is 0.573. The second kappa shape index (κ2) is 9.51. The number of piperidine rings is 1. The van der Waals surface area contributed by atoms with Gasteiger partial charge in [0.15, 0.2) is 11.4 Å². The fraction of sp³-hybridized carbons (Fsp3) is 0.435. The Morgan fingerprint density at radius 1 is 1.26 bits per heavy atom. The molecule has 2 aliphatic rings. The molecule has 1 aromatic carbocycles. The van der Waals surface area contributed by atoms with Crippen LogP contribution in [0, 0.1) is 11.6 Å². The number of nitrogens with one attached hydrogen (secondary N) is 2. The van der Waals surface area contributed by atoms with Crippen molar-refractivity contribution in [3.8, 4) is 5.75 Å². The number of ether oxygens (including phenoxy) is 1. The van der Waals surface area contributed by atoms with Gasteiger partial charge in [-0.2, -0.15) is 0 Å². The molecule has 1 saturated heterocycles. The average Bonchev–Trinajstić information content (AvgIpc) is 2.81. The molecule has 0 radical (unpaired) electrons. The Labute approximate surface area is 194 Å². The molecule has 0 unspecified atom stereocenters. The van der Waals surface area contributed by atoms with E-state index in [0.717, 1.165) is 6.07 Å². The van der Waals surface area contributed by atoms with Gasteiger partial charge in [0.1, 0.15) is 17.2 Å².